The molecule has 1 N–H and O–H groups in total. The van der Waals surface area contributed by atoms with Gasteiger partial charge >= 0.3 is 5.97 Å². The van der Waals surface area contributed by atoms with Gasteiger partial charge < -0.3 is 10.0 Å². The van der Waals surface area contributed by atoms with E-state index < -0.39 is 11.4 Å². The van der Waals surface area contributed by atoms with E-state index in [4.69, 9.17) is 0 Å². The van der Waals surface area contributed by atoms with Crippen molar-refractivity contribution in [2.45, 2.75) is 45.2 Å². The molecule has 0 bridgehead atoms. The summed E-state index contributed by atoms with van der Waals surface area (Å²) in [5.74, 6) is -1.12. The van der Waals surface area contributed by atoms with Crippen molar-refractivity contribution in [2.24, 2.45) is 5.41 Å². The Balaban J connectivity index is 2.12. The Kier molecular flexibility index (Phi) is 3.36. The maximum Gasteiger partial charge on any atom is 0.319 e. The van der Waals surface area contributed by atoms with E-state index in [1.165, 1.54) is 0 Å². The fraction of sp³-hybridized carbons (Fsp3) is 0.846. The highest BCUT2D eigenvalue weighted by Crippen LogP contribution is 2.43. The third kappa shape index (κ3) is 1.90. The van der Waals surface area contributed by atoms with Gasteiger partial charge in [-0.3, -0.25) is 14.5 Å². The summed E-state index contributed by atoms with van der Waals surface area (Å²) in [6.45, 7) is 5.41. The molecule has 1 amide bonds. The third-order valence-corrected chi connectivity index (χ3v) is 4.67. The van der Waals surface area contributed by atoms with Gasteiger partial charge in [0.05, 0.1) is 0 Å². The zero-order valence-electron chi connectivity index (χ0n) is 11.3. The van der Waals surface area contributed by atoms with Gasteiger partial charge in [0, 0.05) is 25.2 Å². The second-order valence-corrected chi connectivity index (χ2v) is 5.81. The molecular weight excluding hydrogens is 232 g/mol. The summed E-state index contributed by atoms with van der Waals surface area (Å²) in [4.78, 5) is 27.8. The summed E-state index contributed by atoms with van der Waals surface area (Å²) in [5.41, 5.74) is -1.12. The molecule has 0 aromatic heterocycles. The average Bonchev–Trinajstić information content (AvgIpc) is 2.22. The lowest BCUT2D eigenvalue weighted by Crippen LogP contribution is -2.61. The second kappa shape index (κ2) is 4.53. The number of hydrogen-bond acceptors (Lipinski definition) is 3. The predicted octanol–water partition coefficient (Wildman–Crippen LogP) is 0.792. The van der Waals surface area contributed by atoms with Crippen LogP contribution in [0.4, 0.5) is 0 Å². The van der Waals surface area contributed by atoms with Gasteiger partial charge in [-0.1, -0.05) is 6.42 Å². The summed E-state index contributed by atoms with van der Waals surface area (Å²) in [6, 6.07) is 0.562. The monoisotopic (exact) mass is 254 g/mol. The number of carbonyl (C=O) groups is 2. The van der Waals surface area contributed by atoms with Crippen LogP contribution in [-0.2, 0) is 9.59 Å². The fourth-order valence-corrected chi connectivity index (χ4v) is 2.92. The minimum absolute atomic E-state index is 0.173. The Labute approximate surface area is 108 Å². The SMILES string of the molecule is CC1CN(C(=O)C2(C(=O)O)CCC2)CC(C)N1C. The van der Waals surface area contributed by atoms with Gasteiger partial charge in [-0.05, 0) is 33.7 Å². The summed E-state index contributed by atoms with van der Waals surface area (Å²) in [6.07, 6.45) is 1.84. The largest absolute Gasteiger partial charge is 0.480 e. The van der Waals surface area contributed by atoms with E-state index in [0.717, 1.165) is 6.42 Å². The number of nitrogens with zero attached hydrogens (tertiary/aromatic N) is 2. The molecule has 2 unspecified atom stereocenters. The van der Waals surface area contributed by atoms with Gasteiger partial charge in [-0.15, -0.1) is 0 Å². The normalized spacial score (nSPS) is 31.8. The molecule has 1 aliphatic carbocycles. The van der Waals surface area contributed by atoms with Crippen LogP contribution in [0.5, 0.6) is 0 Å². The highest BCUT2D eigenvalue weighted by molar-refractivity contribution is 6.02. The molecule has 5 nitrogen and oxygen atoms in total. The molecule has 0 radical (unpaired) electrons. The summed E-state index contributed by atoms with van der Waals surface area (Å²) < 4.78 is 0. The van der Waals surface area contributed by atoms with Gasteiger partial charge in [0.15, 0.2) is 0 Å². The van der Waals surface area contributed by atoms with Crippen LogP contribution in [0.1, 0.15) is 33.1 Å². The smallest absolute Gasteiger partial charge is 0.319 e. The second-order valence-electron chi connectivity index (χ2n) is 5.81. The van der Waals surface area contributed by atoms with E-state index in [2.05, 4.69) is 18.7 Å². The zero-order valence-corrected chi connectivity index (χ0v) is 11.3. The maximum absolute atomic E-state index is 12.5. The number of amides is 1. The Morgan fingerprint density at radius 3 is 2.00 bits per heavy atom. The lowest BCUT2D eigenvalue weighted by atomic mass is 9.67. The lowest BCUT2D eigenvalue weighted by molar-refractivity contribution is -0.169. The summed E-state index contributed by atoms with van der Waals surface area (Å²) in [5, 5.41) is 9.31. The Morgan fingerprint density at radius 2 is 1.67 bits per heavy atom. The molecule has 0 aromatic carbocycles. The van der Waals surface area contributed by atoms with Crippen LogP contribution in [0.3, 0.4) is 0 Å². The van der Waals surface area contributed by atoms with E-state index in [0.29, 0.717) is 25.9 Å². The Hall–Kier alpha value is -1.10. The third-order valence-electron chi connectivity index (χ3n) is 4.67. The van der Waals surface area contributed by atoms with Crippen LogP contribution < -0.4 is 0 Å². The highest BCUT2D eigenvalue weighted by Gasteiger charge is 2.53. The van der Waals surface area contributed by atoms with E-state index in [9.17, 15) is 14.7 Å². The van der Waals surface area contributed by atoms with Crippen LogP contribution in [0.25, 0.3) is 0 Å². The minimum atomic E-state index is -1.12. The molecule has 2 rings (SSSR count). The first-order valence-electron chi connectivity index (χ1n) is 6.63. The fourth-order valence-electron chi connectivity index (χ4n) is 2.92. The molecule has 2 fully saturated rings. The molecule has 2 aliphatic rings. The standard InChI is InChI=1S/C13H22N2O3/c1-9-7-15(8-10(2)14(9)3)11(16)13(12(17)18)5-4-6-13/h9-10H,4-8H2,1-3H3,(H,17,18). The van der Waals surface area contributed by atoms with Crippen molar-refractivity contribution in [3.63, 3.8) is 0 Å². The van der Waals surface area contributed by atoms with Gasteiger partial charge in [-0.25, -0.2) is 0 Å². The van der Waals surface area contributed by atoms with Crippen LogP contribution in [0.15, 0.2) is 0 Å². The number of carboxylic acids is 1. The first-order chi connectivity index (χ1) is 8.38. The van der Waals surface area contributed by atoms with Gasteiger partial charge in [0.1, 0.15) is 5.41 Å². The summed E-state index contributed by atoms with van der Waals surface area (Å²) >= 11 is 0. The molecule has 1 saturated carbocycles. The zero-order chi connectivity index (χ0) is 13.5. The van der Waals surface area contributed by atoms with Crippen LogP contribution in [0.2, 0.25) is 0 Å². The van der Waals surface area contributed by atoms with Crippen molar-refractivity contribution >= 4 is 11.9 Å². The van der Waals surface area contributed by atoms with E-state index in [-0.39, 0.29) is 18.0 Å². The first-order valence-corrected chi connectivity index (χ1v) is 6.63. The average molecular weight is 254 g/mol. The number of hydrogen-bond donors (Lipinski definition) is 1. The molecule has 1 saturated heterocycles. The molecule has 0 aromatic rings. The van der Waals surface area contributed by atoms with Gasteiger partial charge in [-0.2, -0.15) is 0 Å². The summed E-state index contributed by atoms with van der Waals surface area (Å²) in [7, 11) is 2.05. The molecule has 0 spiro atoms. The van der Waals surface area contributed by atoms with E-state index in [1.54, 1.807) is 4.90 Å². The number of carboxylic acid groups (broad SMARTS) is 1. The van der Waals surface area contributed by atoms with Gasteiger partial charge in [0.25, 0.3) is 0 Å². The molecular formula is C13H22N2O3. The van der Waals surface area contributed by atoms with Crippen molar-refractivity contribution in [1.82, 2.24) is 9.80 Å². The number of piperazine rings is 1. The Bertz CT molecular complexity index is 353. The minimum Gasteiger partial charge on any atom is -0.480 e. The van der Waals surface area contributed by atoms with Crippen molar-refractivity contribution < 1.29 is 14.7 Å². The van der Waals surface area contributed by atoms with Crippen molar-refractivity contribution in [3.05, 3.63) is 0 Å². The topological polar surface area (TPSA) is 60.9 Å². The molecule has 1 heterocycles. The van der Waals surface area contributed by atoms with Crippen molar-refractivity contribution in [1.29, 1.82) is 0 Å². The van der Waals surface area contributed by atoms with Crippen LogP contribution in [0, 0.1) is 5.41 Å². The molecule has 102 valence electrons. The maximum atomic E-state index is 12.5. The van der Waals surface area contributed by atoms with Crippen molar-refractivity contribution in [3.8, 4) is 0 Å². The number of rotatable bonds is 2. The lowest BCUT2D eigenvalue weighted by Gasteiger charge is -2.47. The molecule has 18 heavy (non-hydrogen) atoms. The van der Waals surface area contributed by atoms with Gasteiger partial charge in [0.2, 0.25) is 5.91 Å². The quantitative estimate of drug-likeness (QED) is 0.740. The predicted molar refractivity (Wildman–Crippen MR) is 67.2 cm³/mol. The Morgan fingerprint density at radius 1 is 1.17 bits per heavy atom. The van der Waals surface area contributed by atoms with Crippen LogP contribution >= 0.6 is 0 Å². The molecule has 5 heteroatoms. The van der Waals surface area contributed by atoms with Crippen molar-refractivity contribution in [2.75, 3.05) is 20.1 Å². The molecule has 1 aliphatic heterocycles. The number of likely N-dealkylation sites (N-methyl/N-ethyl adjacent to an activating group) is 1. The molecule has 2 atom stereocenters. The van der Waals surface area contributed by atoms with Crippen LogP contribution in [-0.4, -0.2) is 59.0 Å². The highest BCUT2D eigenvalue weighted by atomic mass is 16.4. The van der Waals surface area contributed by atoms with E-state index in [1.807, 2.05) is 7.05 Å². The van der Waals surface area contributed by atoms with E-state index >= 15 is 0 Å². The first kappa shape index (κ1) is 13.3. The number of aliphatic carboxylic acids is 1. The number of carbonyl (C=O) groups excluding carboxylic acids is 1.